The van der Waals surface area contributed by atoms with Gasteiger partial charge in [0.25, 0.3) is 5.91 Å². The zero-order valence-electron chi connectivity index (χ0n) is 18.6. The maximum Gasteiger partial charge on any atom is 0.408 e. The fourth-order valence-electron chi connectivity index (χ4n) is 3.12. The van der Waals surface area contributed by atoms with Crippen LogP contribution in [0.4, 0.5) is 4.79 Å². The molecule has 0 radical (unpaired) electrons. The summed E-state index contributed by atoms with van der Waals surface area (Å²) in [5, 5.41) is 7.67. The smallest absolute Gasteiger partial charge is 0.408 e. The Balaban J connectivity index is 1.73. The number of rotatable bonds is 7. The largest absolute Gasteiger partial charge is 0.497 e. The Morgan fingerprint density at radius 3 is 2.53 bits per heavy atom. The molecule has 0 spiro atoms. The fraction of sp³-hybridized carbons (Fsp3) is 0.292. The SMILES string of the molecule is COc1ccc(/C=N/NC(=O)[C@H](Cc2c[nH]c3ccccc23)NC(=O)OC(C)(C)C)cc1. The van der Waals surface area contributed by atoms with E-state index in [1.165, 1.54) is 6.21 Å². The van der Waals surface area contributed by atoms with Crippen molar-refractivity contribution in [2.24, 2.45) is 5.10 Å². The molecule has 0 aliphatic rings. The molecule has 1 aromatic heterocycles. The third kappa shape index (κ3) is 6.34. The number of carbonyl (C=O) groups is 2. The molecule has 168 valence electrons. The van der Waals surface area contributed by atoms with Gasteiger partial charge in [-0.25, -0.2) is 10.2 Å². The van der Waals surface area contributed by atoms with E-state index in [9.17, 15) is 9.59 Å². The van der Waals surface area contributed by atoms with Crippen LogP contribution in [-0.2, 0) is 16.0 Å². The molecule has 3 N–H and O–H groups in total. The van der Waals surface area contributed by atoms with Crippen LogP contribution < -0.4 is 15.5 Å². The van der Waals surface area contributed by atoms with Crippen LogP contribution in [0.25, 0.3) is 10.9 Å². The van der Waals surface area contributed by atoms with Gasteiger partial charge in [-0.1, -0.05) is 18.2 Å². The minimum atomic E-state index is -0.878. The van der Waals surface area contributed by atoms with Crippen molar-refractivity contribution in [2.45, 2.75) is 38.8 Å². The highest BCUT2D eigenvalue weighted by molar-refractivity contribution is 5.89. The molecule has 0 fully saturated rings. The summed E-state index contributed by atoms with van der Waals surface area (Å²) >= 11 is 0. The molecule has 0 bridgehead atoms. The number of amides is 2. The van der Waals surface area contributed by atoms with Crippen LogP contribution in [-0.4, -0.2) is 42.0 Å². The van der Waals surface area contributed by atoms with Crippen LogP contribution in [0.1, 0.15) is 31.9 Å². The number of aromatic nitrogens is 1. The van der Waals surface area contributed by atoms with Gasteiger partial charge in [0, 0.05) is 23.5 Å². The fourth-order valence-corrected chi connectivity index (χ4v) is 3.12. The third-order valence-electron chi connectivity index (χ3n) is 4.61. The Bertz CT molecular complexity index is 1100. The molecule has 0 aliphatic heterocycles. The Morgan fingerprint density at radius 1 is 1.12 bits per heavy atom. The lowest BCUT2D eigenvalue weighted by atomic mass is 10.0. The Hall–Kier alpha value is -3.81. The molecule has 0 saturated heterocycles. The van der Waals surface area contributed by atoms with Crippen molar-refractivity contribution >= 4 is 29.1 Å². The summed E-state index contributed by atoms with van der Waals surface area (Å²) in [6.07, 6.45) is 2.96. The lowest BCUT2D eigenvalue weighted by molar-refractivity contribution is -0.123. The number of nitrogens with zero attached hydrogens (tertiary/aromatic N) is 1. The molecule has 8 nitrogen and oxygen atoms in total. The van der Waals surface area contributed by atoms with Crippen molar-refractivity contribution in [1.29, 1.82) is 0 Å². The Morgan fingerprint density at radius 2 is 1.84 bits per heavy atom. The number of benzene rings is 2. The van der Waals surface area contributed by atoms with Crippen LogP contribution in [0.5, 0.6) is 5.75 Å². The van der Waals surface area contributed by atoms with Crippen molar-refractivity contribution in [3.63, 3.8) is 0 Å². The van der Waals surface area contributed by atoms with Crippen LogP contribution >= 0.6 is 0 Å². The number of ether oxygens (including phenoxy) is 2. The van der Waals surface area contributed by atoms with Gasteiger partial charge in [-0.15, -0.1) is 0 Å². The van der Waals surface area contributed by atoms with E-state index >= 15 is 0 Å². The highest BCUT2D eigenvalue weighted by Crippen LogP contribution is 2.19. The van der Waals surface area contributed by atoms with Crippen molar-refractivity contribution in [3.8, 4) is 5.75 Å². The van der Waals surface area contributed by atoms with E-state index < -0.39 is 23.6 Å². The number of H-pyrrole nitrogens is 1. The Kier molecular flexibility index (Phi) is 7.14. The molecule has 1 heterocycles. The number of para-hydroxylation sites is 1. The normalized spacial score (nSPS) is 12.5. The number of methoxy groups -OCH3 is 1. The summed E-state index contributed by atoms with van der Waals surface area (Å²) < 4.78 is 10.5. The van der Waals surface area contributed by atoms with E-state index in [-0.39, 0.29) is 6.42 Å². The highest BCUT2D eigenvalue weighted by Gasteiger charge is 2.25. The van der Waals surface area contributed by atoms with Gasteiger partial charge in [-0.2, -0.15) is 5.10 Å². The molecule has 0 aliphatic carbocycles. The van der Waals surface area contributed by atoms with Crippen molar-refractivity contribution in [2.75, 3.05) is 7.11 Å². The summed E-state index contributed by atoms with van der Waals surface area (Å²) in [7, 11) is 1.59. The average Bonchev–Trinajstić information content (AvgIpc) is 3.15. The predicted octanol–water partition coefficient (Wildman–Crippen LogP) is 3.76. The third-order valence-corrected chi connectivity index (χ3v) is 4.61. The maximum absolute atomic E-state index is 12.9. The van der Waals surface area contributed by atoms with Crippen LogP contribution in [0.15, 0.2) is 59.8 Å². The number of hydrazone groups is 1. The molecule has 32 heavy (non-hydrogen) atoms. The van der Waals surface area contributed by atoms with E-state index in [1.54, 1.807) is 40.0 Å². The predicted molar refractivity (Wildman–Crippen MR) is 124 cm³/mol. The minimum Gasteiger partial charge on any atom is -0.497 e. The molecule has 1 atom stereocenters. The number of aromatic amines is 1. The second-order valence-electron chi connectivity index (χ2n) is 8.27. The topological polar surface area (TPSA) is 105 Å². The second-order valence-corrected chi connectivity index (χ2v) is 8.27. The summed E-state index contributed by atoms with van der Waals surface area (Å²) in [6.45, 7) is 5.29. The van der Waals surface area contributed by atoms with Crippen molar-refractivity contribution in [3.05, 3.63) is 65.9 Å². The van der Waals surface area contributed by atoms with E-state index in [1.807, 2.05) is 42.6 Å². The first-order valence-corrected chi connectivity index (χ1v) is 10.3. The van der Waals surface area contributed by atoms with Crippen molar-refractivity contribution in [1.82, 2.24) is 15.7 Å². The van der Waals surface area contributed by atoms with Gasteiger partial charge in [0.2, 0.25) is 0 Å². The average molecular weight is 437 g/mol. The molecule has 2 amide bonds. The molecule has 0 saturated carbocycles. The van der Waals surface area contributed by atoms with E-state index in [0.29, 0.717) is 0 Å². The zero-order chi connectivity index (χ0) is 23.1. The molecule has 0 unspecified atom stereocenters. The van der Waals surface area contributed by atoms with Gasteiger partial charge in [-0.05, 0) is 62.2 Å². The van der Waals surface area contributed by atoms with E-state index in [4.69, 9.17) is 9.47 Å². The second kappa shape index (κ2) is 10.00. The molecular formula is C24H28N4O4. The lowest BCUT2D eigenvalue weighted by Gasteiger charge is -2.22. The van der Waals surface area contributed by atoms with Crippen LogP contribution in [0.2, 0.25) is 0 Å². The van der Waals surface area contributed by atoms with Gasteiger partial charge in [-0.3, -0.25) is 4.79 Å². The zero-order valence-corrected chi connectivity index (χ0v) is 18.6. The van der Waals surface area contributed by atoms with Gasteiger partial charge in [0.1, 0.15) is 17.4 Å². The summed E-state index contributed by atoms with van der Waals surface area (Å²) in [6, 6.07) is 14.1. The Labute approximate surface area is 187 Å². The van der Waals surface area contributed by atoms with Crippen LogP contribution in [0, 0.1) is 0 Å². The summed E-state index contributed by atoms with van der Waals surface area (Å²) in [5.74, 6) is 0.275. The standard InChI is InChI=1S/C24H28N4O4/c1-24(2,3)32-23(30)27-21(13-17-15-25-20-8-6-5-7-19(17)20)22(29)28-26-14-16-9-11-18(31-4)12-10-16/h5-12,14-15,21,25H,13H2,1-4H3,(H,27,30)(H,28,29)/b26-14+/t21-/m0/s1. The first kappa shape index (κ1) is 22.9. The van der Waals surface area contributed by atoms with E-state index in [0.717, 1.165) is 27.8 Å². The minimum absolute atomic E-state index is 0.271. The van der Waals surface area contributed by atoms with Gasteiger partial charge in [0.05, 0.1) is 13.3 Å². The molecule has 3 aromatic rings. The number of hydrogen-bond donors (Lipinski definition) is 3. The molecular weight excluding hydrogens is 408 g/mol. The number of hydrogen-bond acceptors (Lipinski definition) is 5. The molecule has 2 aromatic carbocycles. The first-order chi connectivity index (χ1) is 15.2. The molecule has 3 rings (SSSR count). The lowest BCUT2D eigenvalue weighted by Crippen LogP contribution is -2.48. The maximum atomic E-state index is 12.9. The number of nitrogens with one attached hydrogen (secondary N) is 3. The summed E-state index contributed by atoms with van der Waals surface area (Å²) in [5.41, 5.74) is 4.47. The number of alkyl carbamates (subject to hydrolysis) is 1. The van der Waals surface area contributed by atoms with Crippen molar-refractivity contribution < 1.29 is 19.1 Å². The van der Waals surface area contributed by atoms with Crippen LogP contribution in [0.3, 0.4) is 0 Å². The van der Waals surface area contributed by atoms with Gasteiger partial charge in [0.15, 0.2) is 0 Å². The number of fused-ring (bicyclic) bond motifs is 1. The van der Waals surface area contributed by atoms with Gasteiger partial charge >= 0.3 is 6.09 Å². The summed E-state index contributed by atoms with van der Waals surface area (Å²) in [4.78, 5) is 28.4. The van der Waals surface area contributed by atoms with E-state index in [2.05, 4.69) is 20.8 Å². The number of carbonyl (C=O) groups excluding carboxylic acids is 2. The molecule has 8 heteroatoms. The van der Waals surface area contributed by atoms with Gasteiger partial charge < -0.3 is 19.8 Å². The first-order valence-electron chi connectivity index (χ1n) is 10.3. The highest BCUT2D eigenvalue weighted by atomic mass is 16.6. The quantitative estimate of drug-likeness (QED) is 0.387. The monoisotopic (exact) mass is 436 g/mol.